The van der Waals surface area contributed by atoms with Gasteiger partial charge in [0.15, 0.2) is 17.3 Å². The summed E-state index contributed by atoms with van der Waals surface area (Å²) < 4.78 is 16.7. The van der Waals surface area contributed by atoms with Gasteiger partial charge in [0, 0.05) is 12.0 Å². The molecule has 5 heteroatoms. The van der Waals surface area contributed by atoms with E-state index in [1.165, 1.54) is 6.08 Å². The molecule has 0 amide bonds. The zero-order chi connectivity index (χ0) is 16.8. The molecule has 0 aromatic heterocycles. The lowest BCUT2D eigenvalue weighted by Gasteiger charge is -2.27. The van der Waals surface area contributed by atoms with Crippen LogP contribution >= 0.6 is 0 Å². The van der Waals surface area contributed by atoms with Crippen molar-refractivity contribution in [3.8, 4) is 11.5 Å². The summed E-state index contributed by atoms with van der Waals surface area (Å²) in [6.45, 7) is 4.01. The van der Waals surface area contributed by atoms with Crippen molar-refractivity contribution < 1.29 is 24.1 Å². The van der Waals surface area contributed by atoms with E-state index >= 15 is 0 Å². The van der Waals surface area contributed by atoms with Crippen molar-refractivity contribution in [2.45, 2.75) is 20.0 Å². The smallest absolute Gasteiger partial charge is 0.223 e. The highest BCUT2D eigenvalue weighted by Gasteiger charge is 2.50. The Hall–Kier alpha value is -2.43. The first-order chi connectivity index (χ1) is 10.9. The fourth-order valence-corrected chi connectivity index (χ4v) is 3.23. The number of rotatable bonds is 3. The molecule has 0 bridgehead atoms. The lowest BCUT2D eigenvalue weighted by atomic mass is 9.72. The van der Waals surface area contributed by atoms with Gasteiger partial charge < -0.3 is 19.3 Å². The highest BCUT2D eigenvalue weighted by atomic mass is 16.5. The van der Waals surface area contributed by atoms with Crippen LogP contribution in [0.4, 0.5) is 0 Å². The molecular weight excluding hydrogens is 296 g/mol. The Labute approximate surface area is 135 Å². The molecule has 1 N–H and O–H groups in total. The quantitative estimate of drug-likeness (QED) is 0.926. The molecule has 1 saturated heterocycles. The first kappa shape index (κ1) is 15.5. The average molecular weight is 316 g/mol. The number of aliphatic hydroxyl groups is 1. The molecule has 2 aliphatic rings. The van der Waals surface area contributed by atoms with Crippen molar-refractivity contribution in [1.82, 2.24) is 0 Å². The third-order valence-corrected chi connectivity index (χ3v) is 4.87. The van der Waals surface area contributed by atoms with Crippen molar-refractivity contribution >= 4 is 5.78 Å². The molecule has 1 aliphatic heterocycles. The van der Waals surface area contributed by atoms with Crippen molar-refractivity contribution in [1.29, 1.82) is 0 Å². The van der Waals surface area contributed by atoms with Crippen LogP contribution in [0.2, 0.25) is 0 Å². The Morgan fingerprint density at radius 1 is 1.22 bits per heavy atom. The van der Waals surface area contributed by atoms with Gasteiger partial charge in [0.25, 0.3) is 0 Å². The second kappa shape index (κ2) is 5.33. The molecule has 3 rings (SSSR count). The molecule has 122 valence electrons. The van der Waals surface area contributed by atoms with Crippen LogP contribution in [0.15, 0.2) is 41.9 Å². The van der Waals surface area contributed by atoms with E-state index in [-0.39, 0.29) is 17.8 Å². The van der Waals surface area contributed by atoms with Gasteiger partial charge in [0.05, 0.1) is 19.6 Å². The van der Waals surface area contributed by atoms with Crippen LogP contribution in [-0.4, -0.2) is 25.1 Å². The highest BCUT2D eigenvalue weighted by molar-refractivity contribution is 6.03. The van der Waals surface area contributed by atoms with E-state index in [1.807, 2.05) is 32.0 Å². The molecule has 0 unspecified atom stereocenters. The number of carbonyl (C=O) groups is 1. The van der Waals surface area contributed by atoms with Crippen molar-refractivity contribution in [2.24, 2.45) is 11.3 Å². The van der Waals surface area contributed by atoms with Gasteiger partial charge >= 0.3 is 0 Å². The van der Waals surface area contributed by atoms with Crippen LogP contribution in [0.5, 0.6) is 11.5 Å². The number of hydrogen-bond donors (Lipinski definition) is 1. The molecule has 1 aromatic carbocycles. The zero-order valence-electron chi connectivity index (χ0n) is 13.6. The topological polar surface area (TPSA) is 65.0 Å². The third-order valence-electron chi connectivity index (χ3n) is 4.87. The number of ketones is 1. The minimum Gasteiger partial charge on any atom is -0.504 e. The Morgan fingerprint density at radius 2 is 1.91 bits per heavy atom. The maximum absolute atomic E-state index is 11.7. The summed E-state index contributed by atoms with van der Waals surface area (Å²) in [5.74, 6) is 1.27. The van der Waals surface area contributed by atoms with Crippen molar-refractivity contribution in [3.63, 3.8) is 0 Å². The van der Waals surface area contributed by atoms with E-state index in [0.29, 0.717) is 17.3 Å². The highest BCUT2D eigenvalue weighted by Crippen LogP contribution is 2.55. The van der Waals surface area contributed by atoms with E-state index < -0.39 is 11.2 Å². The number of aliphatic hydroxyl groups excluding tert-OH is 1. The third kappa shape index (κ3) is 2.27. The summed E-state index contributed by atoms with van der Waals surface area (Å²) in [5, 5.41) is 9.79. The van der Waals surface area contributed by atoms with E-state index in [9.17, 15) is 9.90 Å². The summed E-state index contributed by atoms with van der Waals surface area (Å²) in [4.78, 5) is 11.7. The van der Waals surface area contributed by atoms with Crippen LogP contribution < -0.4 is 9.47 Å². The molecule has 0 radical (unpaired) electrons. The first-order valence-corrected chi connectivity index (χ1v) is 7.47. The van der Waals surface area contributed by atoms with Crippen molar-refractivity contribution in [2.75, 3.05) is 14.2 Å². The maximum Gasteiger partial charge on any atom is 0.223 e. The number of allylic oxidation sites excluding steroid dienone is 2. The molecule has 1 heterocycles. The van der Waals surface area contributed by atoms with Gasteiger partial charge in [-0.15, -0.1) is 0 Å². The fourth-order valence-electron chi connectivity index (χ4n) is 3.23. The second-order valence-electron chi connectivity index (χ2n) is 6.13. The predicted molar refractivity (Wildman–Crippen MR) is 84.4 cm³/mol. The Bertz CT molecular complexity index is 718. The number of benzene rings is 1. The standard InChI is InChI=1S/C18H20O5/c1-10-17(11-5-6-14(21-3)15(7-11)22-4)23-16-8-12(19)13(20)9-18(10,16)2/h5-10,17,20H,1-4H3/t10-,17+,18+/m1/s1. The SMILES string of the molecule is COc1ccc([C@H]2OC3=CC(=O)C(O)=C[C@@]3(C)[C@@H]2C)cc1OC. The maximum atomic E-state index is 11.7. The fraction of sp³-hybridized carbons (Fsp3) is 0.389. The van der Waals surface area contributed by atoms with Crippen LogP contribution in [0.3, 0.4) is 0 Å². The molecule has 23 heavy (non-hydrogen) atoms. The van der Waals surface area contributed by atoms with Crippen molar-refractivity contribution in [3.05, 3.63) is 47.4 Å². The van der Waals surface area contributed by atoms with Gasteiger partial charge in [-0.1, -0.05) is 13.0 Å². The minimum absolute atomic E-state index is 0.0436. The number of ether oxygens (including phenoxy) is 3. The largest absolute Gasteiger partial charge is 0.504 e. The van der Waals surface area contributed by atoms with Gasteiger partial charge in [-0.05, 0) is 30.7 Å². The monoisotopic (exact) mass is 316 g/mol. The van der Waals surface area contributed by atoms with Gasteiger partial charge in [-0.2, -0.15) is 0 Å². The van der Waals surface area contributed by atoms with E-state index in [4.69, 9.17) is 14.2 Å². The van der Waals surface area contributed by atoms with Gasteiger partial charge in [0.1, 0.15) is 11.9 Å². The summed E-state index contributed by atoms with van der Waals surface area (Å²) in [6, 6.07) is 5.64. The van der Waals surface area contributed by atoms with Crippen LogP contribution in [0, 0.1) is 11.3 Å². The van der Waals surface area contributed by atoms with Gasteiger partial charge in [-0.3, -0.25) is 4.79 Å². The van der Waals surface area contributed by atoms with Gasteiger partial charge in [-0.25, -0.2) is 0 Å². The number of fused-ring (bicyclic) bond motifs is 1. The number of methoxy groups -OCH3 is 2. The summed E-state index contributed by atoms with van der Waals surface area (Å²) in [6.07, 6.45) is 2.74. The van der Waals surface area contributed by atoms with E-state index in [0.717, 1.165) is 5.56 Å². The first-order valence-electron chi connectivity index (χ1n) is 7.47. The lowest BCUT2D eigenvalue weighted by Crippen LogP contribution is -2.25. The lowest BCUT2D eigenvalue weighted by molar-refractivity contribution is -0.114. The zero-order valence-corrected chi connectivity index (χ0v) is 13.6. The Kier molecular flexibility index (Phi) is 3.59. The Balaban J connectivity index is 2.00. The average Bonchev–Trinajstić information content (AvgIpc) is 2.79. The normalized spacial score (nSPS) is 29.3. The summed E-state index contributed by atoms with van der Waals surface area (Å²) in [5.41, 5.74) is 0.433. The number of hydrogen-bond acceptors (Lipinski definition) is 5. The molecule has 1 aromatic rings. The molecule has 1 aliphatic carbocycles. The van der Waals surface area contributed by atoms with Crippen LogP contribution in [0.1, 0.15) is 25.5 Å². The Morgan fingerprint density at radius 3 is 2.57 bits per heavy atom. The predicted octanol–water partition coefficient (Wildman–Crippen LogP) is 3.33. The van der Waals surface area contributed by atoms with Gasteiger partial charge in [0.2, 0.25) is 5.78 Å². The van der Waals surface area contributed by atoms with E-state index in [2.05, 4.69) is 0 Å². The summed E-state index contributed by atoms with van der Waals surface area (Å²) >= 11 is 0. The molecule has 3 atom stereocenters. The van der Waals surface area contributed by atoms with Crippen LogP contribution in [0.25, 0.3) is 0 Å². The molecule has 5 nitrogen and oxygen atoms in total. The molecule has 0 saturated carbocycles. The molecular formula is C18H20O5. The number of carbonyl (C=O) groups excluding carboxylic acids is 1. The minimum atomic E-state index is -0.504. The second-order valence-corrected chi connectivity index (χ2v) is 6.13. The van der Waals surface area contributed by atoms with E-state index in [1.54, 1.807) is 20.3 Å². The molecule has 1 fully saturated rings. The summed E-state index contributed by atoms with van der Waals surface area (Å²) in [7, 11) is 3.18. The van der Waals surface area contributed by atoms with Crippen LogP contribution in [-0.2, 0) is 9.53 Å². The molecule has 0 spiro atoms.